The van der Waals surface area contributed by atoms with Crippen LogP contribution < -0.4 is 4.72 Å². The first-order chi connectivity index (χ1) is 5.87. The molecule has 0 aliphatic carbocycles. The van der Waals surface area contributed by atoms with Crippen LogP contribution in [0.5, 0.6) is 0 Å². The fraction of sp³-hybridized carbons (Fsp3) is 0.857. The number of carbonyl (C=O) groups excluding carboxylic acids is 1. The summed E-state index contributed by atoms with van der Waals surface area (Å²) in [5.74, 6) is -0.577. The summed E-state index contributed by atoms with van der Waals surface area (Å²) in [6.07, 6.45) is 0.0442. The molecule has 1 N–H and O–H groups in total. The van der Waals surface area contributed by atoms with E-state index in [0.29, 0.717) is 0 Å². The Balaban J connectivity index is 4.02. The van der Waals surface area contributed by atoms with Gasteiger partial charge in [-0.1, -0.05) is 20.8 Å². The van der Waals surface area contributed by atoms with E-state index in [9.17, 15) is 13.2 Å². The van der Waals surface area contributed by atoms with Crippen molar-refractivity contribution >= 4 is 16.3 Å². The van der Waals surface area contributed by atoms with Crippen molar-refractivity contribution in [2.75, 3.05) is 6.54 Å². The van der Waals surface area contributed by atoms with Crippen molar-refractivity contribution in [2.45, 2.75) is 27.2 Å². The van der Waals surface area contributed by atoms with E-state index in [4.69, 9.17) is 0 Å². The highest BCUT2D eigenvalue weighted by atomic mass is 32.2. The van der Waals surface area contributed by atoms with Gasteiger partial charge in [0.2, 0.25) is 0 Å². The molecule has 0 aromatic rings. The molecule has 0 unspecified atom stereocenters. The Morgan fingerprint density at radius 3 is 2.38 bits per heavy atom. The largest absolute Gasteiger partial charge is 0.385 e. The Morgan fingerprint density at radius 2 is 2.00 bits per heavy atom. The van der Waals surface area contributed by atoms with Crippen LogP contribution in [0, 0.1) is 5.92 Å². The lowest BCUT2D eigenvalue weighted by Crippen LogP contribution is -2.30. The normalized spacial score (nSPS) is 11.7. The number of hydrogen-bond acceptors (Lipinski definition) is 4. The van der Waals surface area contributed by atoms with Crippen LogP contribution in [-0.2, 0) is 19.3 Å². The van der Waals surface area contributed by atoms with Gasteiger partial charge in [0.15, 0.2) is 0 Å². The van der Waals surface area contributed by atoms with Crippen molar-refractivity contribution in [3.63, 3.8) is 0 Å². The molecule has 0 fully saturated rings. The minimum Gasteiger partial charge on any atom is -0.334 e. The Morgan fingerprint density at radius 1 is 1.46 bits per heavy atom. The summed E-state index contributed by atoms with van der Waals surface area (Å²) in [7, 11) is -3.89. The molecule has 0 bridgehead atoms. The molecular formula is C7H15NO4S. The fourth-order valence-electron chi connectivity index (χ4n) is 0.479. The highest BCUT2D eigenvalue weighted by Gasteiger charge is 2.14. The standard InChI is InChI=1S/C7H15NO4S/c1-4-7(9)12-13(10,11)8-5-6(2)3/h6,8H,4-5H2,1-3H3. The lowest BCUT2D eigenvalue weighted by Gasteiger charge is -2.07. The lowest BCUT2D eigenvalue weighted by molar-refractivity contribution is -0.133. The van der Waals surface area contributed by atoms with Gasteiger partial charge < -0.3 is 4.18 Å². The maximum Gasteiger partial charge on any atom is 0.385 e. The van der Waals surface area contributed by atoms with Gasteiger partial charge in [0.25, 0.3) is 0 Å². The summed E-state index contributed by atoms with van der Waals surface area (Å²) >= 11 is 0. The van der Waals surface area contributed by atoms with Crippen LogP contribution in [0.2, 0.25) is 0 Å². The molecule has 13 heavy (non-hydrogen) atoms. The van der Waals surface area contributed by atoms with Crippen LogP contribution in [0.4, 0.5) is 0 Å². The zero-order chi connectivity index (χ0) is 10.5. The maximum absolute atomic E-state index is 11.0. The van der Waals surface area contributed by atoms with Crippen molar-refractivity contribution in [1.82, 2.24) is 4.72 Å². The minimum absolute atomic E-state index is 0.0442. The molecule has 0 saturated carbocycles. The summed E-state index contributed by atoms with van der Waals surface area (Å²) in [5.41, 5.74) is 0. The summed E-state index contributed by atoms with van der Waals surface area (Å²) in [6, 6.07) is 0. The monoisotopic (exact) mass is 209 g/mol. The summed E-state index contributed by atoms with van der Waals surface area (Å²) in [4.78, 5) is 10.6. The van der Waals surface area contributed by atoms with E-state index in [2.05, 4.69) is 8.91 Å². The molecule has 5 nitrogen and oxygen atoms in total. The van der Waals surface area contributed by atoms with E-state index in [0.717, 1.165) is 0 Å². The molecule has 0 amide bonds. The van der Waals surface area contributed by atoms with Gasteiger partial charge >= 0.3 is 16.3 Å². The molecule has 78 valence electrons. The van der Waals surface area contributed by atoms with Crippen molar-refractivity contribution in [1.29, 1.82) is 0 Å². The van der Waals surface area contributed by atoms with Crippen molar-refractivity contribution < 1.29 is 17.4 Å². The van der Waals surface area contributed by atoms with Crippen LogP contribution in [0.1, 0.15) is 27.2 Å². The highest BCUT2D eigenvalue weighted by molar-refractivity contribution is 7.85. The molecule has 0 aromatic carbocycles. The lowest BCUT2D eigenvalue weighted by atomic mass is 10.2. The zero-order valence-corrected chi connectivity index (χ0v) is 8.85. The van der Waals surface area contributed by atoms with Gasteiger partial charge in [-0.3, -0.25) is 4.79 Å². The van der Waals surface area contributed by atoms with Gasteiger partial charge in [-0.15, -0.1) is 0 Å². The molecule has 0 aromatic heterocycles. The molecule has 0 heterocycles. The molecular weight excluding hydrogens is 194 g/mol. The Labute approximate surface area is 78.7 Å². The molecule has 0 aliphatic heterocycles. The zero-order valence-electron chi connectivity index (χ0n) is 8.03. The molecule has 0 saturated heterocycles. The van der Waals surface area contributed by atoms with E-state index in [1.165, 1.54) is 6.92 Å². The van der Waals surface area contributed by atoms with Crippen LogP contribution in [0.25, 0.3) is 0 Å². The smallest absolute Gasteiger partial charge is 0.334 e. The maximum atomic E-state index is 11.0. The third kappa shape index (κ3) is 6.53. The summed E-state index contributed by atoms with van der Waals surface area (Å²) < 4.78 is 28.2. The molecule has 0 rings (SSSR count). The second kappa shape index (κ2) is 5.18. The molecule has 6 heteroatoms. The van der Waals surface area contributed by atoms with Crippen molar-refractivity contribution in [3.05, 3.63) is 0 Å². The third-order valence-electron chi connectivity index (χ3n) is 1.16. The highest BCUT2D eigenvalue weighted by Crippen LogP contribution is 1.95. The van der Waals surface area contributed by atoms with Crippen molar-refractivity contribution in [3.8, 4) is 0 Å². The predicted octanol–water partition coefficient (Wildman–Crippen LogP) is 0.430. The first-order valence-corrected chi connectivity index (χ1v) is 5.50. The molecule has 0 radical (unpaired) electrons. The van der Waals surface area contributed by atoms with E-state index < -0.39 is 16.3 Å². The number of nitrogens with one attached hydrogen (secondary N) is 1. The van der Waals surface area contributed by atoms with Crippen LogP contribution >= 0.6 is 0 Å². The predicted molar refractivity (Wildman–Crippen MR) is 48.1 cm³/mol. The average Bonchev–Trinajstić information content (AvgIpc) is 2.00. The van der Waals surface area contributed by atoms with E-state index in [1.807, 2.05) is 13.8 Å². The van der Waals surface area contributed by atoms with E-state index in [1.54, 1.807) is 0 Å². The SMILES string of the molecule is CCC(=O)OS(=O)(=O)NCC(C)C. The number of carbonyl (C=O) groups is 1. The van der Waals surface area contributed by atoms with Crippen LogP contribution in [0.15, 0.2) is 0 Å². The van der Waals surface area contributed by atoms with Gasteiger partial charge in [-0.2, -0.15) is 13.1 Å². The van der Waals surface area contributed by atoms with Crippen molar-refractivity contribution in [2.24, 2.45) is 5.92 Å². The van der Waals surface area contributed by atoms with Gasteiger partial charge in [0.05, 0.1) is 0 Å². The Kier molecular flexibility index (Phi) is 4.94. The van der Waals surface area contributed by atoms with Gasteiger partial charge in [0.1, 0.15) is 0 Å². The number of hydrogen-bond donors (Lipinski definition) is 1. The molecule has 0 aliphatic rings. The van der Waals surface area contributed by atoms with Crippen LogP contribution in [0.3, 0.4) is 0 Å². The summed E-state index contributed by atoms with van der Waals surface area (Å²) in [5, 5.41) is 0. The second-order valence-corrected chi connectivity index (χ2v) is 4.37. The average molecular weight is 209 g/mol. The quantitative estimate of drug-likeness (QED) is 0.712. The van der Waals surface area contributed by atoms with E-state index in [-0.39, 0.29) is 18.9 Å². The molecule has 0 spiro atoms. The second-order valence-electron chi connectivity index (χ2n) is 3.01. The van der Waals surface area contributed by atoms with Gasteiger partial charge in [-0.05, 0) is 5.92 Å². The topological polar surface area (TPSA) is 72.5 Å². The first kappa shape index (κ1) is 12.4. The first-order valence-electron chi connectivity index (χ1n) is 4.09. The minimum atomic E-state index is -3.89. The fourth-order valence-corrected chi connectivity index (χ4v) is 1.44. The third-order valence-corrected chi connectivity index (χ3v) is 2.09. The van der Waals surface area contributed by atoms with Crippen LogP contribution in [-0.4, -0.2) is 20.9 Å². The molecule has 0 atom stereocenters. The van der Waals surface area contributed by atoms with E-state index >= 15 is 0 Å². The Bertz CT molecular complexity index is 258. The number of rotatable bonds is 5. The Hall–Kier alpha value is -0.620. The van der Waals surface area contributed by atoms with Gasteiger partial charge in [0, 0.05) is 13.0 Å². The summed E-state index contributed by atoms with van der Waals surface area (Å²) in [6.45, 7) is 5.49. The van der Waals surface area contributed by atoms with Gasteiger partial charge in [-0.25, -0.2) is 0 Å².